The molecular formula is C13H17N3O. The summed E-state index contributed by atoms with van der Waals surface area (Å²) in [5.41, 5.74) is 6.61. The van der Waals surface area contributed by atoms with Crippen LogP contribution in [0.15, 0.2) is 34.9 Å². The second kappa shape index (κ2) is 4.67. The van der Waals surface area contributed by atoms with E-state index in [0.29, 0.717) is 11.7 Å². The van der Waals surface area contributed by atoms with Gasteiger partial charge in [0.15, 0.2) is 5.82 Å². The van der Waals surface area contributed by atoms with E-state index in [-0.39, 0.29) is 0 Å². The summed E-state index contributed by atoms with van der Waals surface area (Å²) in [6.45, 7) is 3.72. The van der Waals surface area contributed by atoms with Gasteiger partial charge in [0, 0.05) is 6.42 Å². The van der Waals surface area contributed by atoms with Gasteiger partial charge in [-0.25, -0.2) is 0 Å². The van der Waals surface area contributed by atoms with Crippen LogP contribution in [0.5, 0.6) is 0 Å². The lowest BCUT2D eigenvalue weighted by atomic mass is 10.1. The van der Waals surface area contributed by atoms with Gasteiger partial charge in [-0.3, -0.25) is 0 Å². The molecule has 17 heavy (non-hydrogen) atoms. The monoisotopic (exact) mass is 231 g/mol. The van der Waals surface area contributed by atoms with Crippen molar-refractivity contribution in [2.75, 3.05) is 0 Å². The van der Waals surface area contributed by atoms with Gasteiger partial charge in [0.25, 0.3) is 0 Å². The van der Waals surface area contributed by atoms with Crippen LogP contribution in [0.1, 0.15) is 31.1 Å². The van der Waals surface area contributed by atoms with Crippen molar-refractivity contribution in [3.63, 3.8) is 0 Å². The van der Waals surface area contributed by atoms with E-state index in [1.165, 1.54) is 5.56 Å². The largest absolute Gasteiger partial charge is 0.339 e. The third kappa shape index (κ3) is 3.14. The molecule has 1 aromatic heterocycles. The predicted octanol–water partition coefficient (Wildman–Crippen LogP) is 2.05. The summed E-state index contributed by atoms with van der Waals surface area (Å²) in [6.07, 6.45) is 1.64. The standard InChI is InChI=1S/C13H17N3O/c1-13(2,14)12-15-11(17-16-12)9-8-10-6-4-3-5-7-10/h3-7H,8-9,14H2,1-2H3. The Labute approximate surface area is 101 Å². The van der Waals surface area contributed by atoms with Crippen molar-refractivity contribution in [2.45, 2.75) is 32.2 Å². The highest BCUT2D eigenvalue weighted by Crippen LogP contribution is 2.13. The normalized spacial score (nSPS) is 11.7. The molecule has 0 saturated carbocycles. The van der Waals surface area contributed by atoms with E-state index in [1.54, 1.807) is 0 Å². The lowest BCUT2D eigenvalue weighted by Gasteiger charge is -2.11. The van der Waals surface area contributed by atoms with E-state index in [1.807, 2.05) is 32.0 Å². The first-order chi connectivity index (χ1) is 8.05. The molecule has 4 heteroatoms. The molecule has 0 saturated heterocycles. The van der Waals surface area contributed by atoms with Crippen molar-refractivity contribution in [1.82, 2.24) is 10.1 Å². The molecule has 4 nitrogen and oxygen atoms in total. The highest BCUT2D eigenvalue weighted by atomic mass is 16.5. The van der Waals surface area contributed by atoms with E-state index in [0.717, 1.165) is 12.8 Å². The summed E-state index contributed by atoms with van der Waals surface area (Å²) in [5.74, 6) is 1.20. The van der Waals surface area contributed by atoms with Crippen molar-refractivity contribution in [1.29, 1.82) is 0 Å². The molecule has 2 rings (SSSR count). The molecule has 1 heterocycles. The molecule has 0 spiro atoms. The maximum absolute atomic E-state index is 5.89. The average molecular weight is 231 g/mol. The maximum atomic E-state index is 5.89. The third-order valence-corrected chi connectivity index (χ3v) is 2.51. The summed E-state index contributed by atoms with van der Waals surface area (Å²) in [4.78, 5) is 4.29. The minimum Gasteiger partial charge on any atom is -0.339 e. The van der Waals surface area contributed by atoms with Gasteiger partial charge in [0.1, 0.15) is 0 Å². The lowest BCUT2D eigenvalue weighted by molar-refractivity contribution is 0.360. The van der Waals surface area contributed by atoms with Crippen LogP contribution in [0.2, 0.25) is 0 Å². The van der Waals surface area contributed by atoms with Crippen LogP contribution in [0, 0.1) is 0 Å². The topological polar surface area (TPSA) is 64.9 Å². The fraction of sp³-hybridized carbons (Fsp3) is 0.385. The first kappa shape index (κ1) is 11.8. The molecule has 2 N–H and O–H groups in total. The summed E-state index contributed by atoms with van der Waals surface area (Å²) >= 11 is 0. The van der Waals surface area contributed by atoms with E-state index in [2.05, 4.69) is 22.3 Å². The zero-order valence-electron chi connectivity index (χ0n) is 10.2. The summed E-state index contributed by atoms with van der Waals surface area (Å²) in [5, 5.41) is 3.89. The van der Waals surface area contributed by atoms with Crippen molar-refractivity contribution in [3.8, 4) is 0 Å². The lowest BCUT2D eigenvalue weighted by Crippen LogP contribution is -2.30. The average Bonchev–Trinajstić information content (AvgIpc) is 2.76. The number of benzene rings is 1. The Morgan fingerprint density at radius 2 is 1.88 bits per heavy atom. The fourth-order valence-corrected chi connectivity index (χ4v) is 1.51. The van der Waals surface area contributed by atoms with Gasteiger partial charge in [-0.2, -0.15) is 4.98 Å². The molecule has 0 aliphatic carbocycles. The maximum Gasteiger partial charge on any atom is 0.227 e. The second-order valence-corrected chi connectivity index (χ2v) is 4.72. The van der Waals surface area contributed by atoms with Gasteiger partial charge in [0.05, 0.1) is 5.54 Å². The zero-order valence-corrected chi connectivity index (χ0v) is 10.2. The third-order valence-electron chi connectivity index (χ3n) is 2.51. The van der Waals surface area contributed by atoms with Crippen LogP contribution in [0.4, 0.5) is 0 Å². The molecule has 90 valence electrons. The van der Waals surface area contributed by atoms with Crippen LogP contribution in [0.3, 0.4) is 0 Å². The number of nitrogens with zero attached hydrogens (tertiary/aromatic N) is 2. The minimum atomic E-state index is -0.547. The van der Waals surface area contributed by atoms with E-state index in [9.17, 15) is 0 Å². The number of nitrogens with two attached hydrogens (primary N) is 1. The Morgan fingerprint density at radius 1 is 1.18 bits per heavy atom. The van der Waals surface area contributed by atoms with Crippen LogP contribution < -0.4 is 5.73 Å². The molecule has 0 radical (unpaired) electrons. The molecule has 1 aromatic carbocycles. The van der Waals surface area contributed by atoms with Crippen molar-refractivity contribution < 1.29 is 4.52 Å². The molecule has 0 amide bonds. The number of hydrogen-bond acceptors (Lipinski definition) is 4. The molecule has 0 unspecified atom stereocenters. The number of aryl methyl sites for hydroxylation is 2. The Hall–Kier alpha value is -1.68. The minimum absolute atomic E-state index is 0.547. The number of aromatic nitrogens is 2. The first-order valence-corrected chi connectivity index (χ1v) is 5.71. The number of hydrogen-bond donors (Lipinski definition) is 1. The molecular weight excluding hydrogens is 214 g/mol. The van der Waals surface area contributed by atoms with Crippen molar-refractivity contribution in [2.24, 2.45) is 5.73 Å². The summed E-state index contributed by atoms with van der Waals surface area (Å²) in [7, 11) is 0. The summed E-state index contributed by atoms with van der Waals surface area (Å²) in [6, 6.07) is 10.2. The number of rotatable bonds is 4. The molecule has 2 aromatic rings. The smallest absolute Gasteiger partial charge is 0.227 e. The Bertz CT molecular complexity index is 471. The van der Waals surface area contributed by atoms with Crippen LogP contribution in [-0.2, 0) is 18.4 Å². The van der Waals surface area contributed by atoms with Crippen LogP contribution in [0.25, 0.3) is 0 Å². The van der Waals surface area contributed by atoms with Crippen LogP contribution in [-0.4, -0.2) is 10.1 Å². The van der Waals surface area contributed by atoms with Gasteiger partial charge < -0.3 is 10.3 Å². The highest BCUT2D eigenvalue weighted by Gasteiger charge is 2.21. The van der Waals surface area contributed by atoms with Gasteiger partial charge >= 0.3 is 0 Å². The van der Waals surface area contributed by atoms with Crippen molar-refractivity contribution >= 4 is 0 Å². The van der Waals surface area contributed by atoms with Crippen LogP contribution >= 0.6 is 0 Å². The summed E-state index contributed by atoms with van der Waals surface area (Å²) < 4.78 is 5.17. The van der Waals surface area contributed by atoms with Gasteiger partial charge in [-0.15, -0.1) is 0 Å². The van der Waals surface area contributed by atoms with E-state index in [4.69, 9.17) is 10.3 Å². The molecule has 0 bridgehead atoms. The van der Waals surface area contributed by atoms with Gasteiger partial charge in [0.2, 0.25) is 5.89 Å². The van der Waals surface area contributed by atoms with Crippen molar-refractivity contribution in [3.05, 3.63) is 47.6 Å². The Kier molecular flexibility index (Phi) is 3.24. The van der Waals surface area contributed by atoms with E-state index >= 15 is 0 Å². The fourth-order valence-electron chi connectivity index (χ4n) is 1.51. The molecule has 0 atom stereocenters. The quantitative estimate of drug-likeness (QED) is 0.874. The SMILES string of the molecule is CC(C)(N)c1noc(CCc2ccccc2)n1. The second-order valence-electron chi connectivity index (χ2n) is 4.72. The van der Waals surface area contributed by atoms with Gasteiger partial charge in [-0.05, 0) is 25.8 Å². The molecule has 0 fully saturated rings. The van der Waals surface area contributed by atoms with Gasteiger partial charge in [-0.1, -0.05) is 35.5 Å². The molecule has 0 aliphatic rings. The zero-order chi connectivity index (χ0) is 12.3. The predicted molar refractivity (Wildman–Crippen MR) is 65.4 cm³/mol. The Balaban J connectivity index is 1.99. The van der Waals surface area contributed by atoms with E-state index < -0.39 is 5.54 Å². The highest BCUT2D eigenvalue weighted by molar-refractivity contribution is 5.15. The first-order valence-electron chi connectivity index (χ1n) is 5.71. The Morgan fingerprint density at radius 3 is 2.47 bits per heavy atom. The molecule has 0 aliphatic heterocycles.